The molecule has 1 amide bonds. The highest BCUT2D eigenvalue weighted by Crippen LogP contribution is 2.30. The number of alkyl halides is 3. The van der Waals surface area contributed by atoms with Crippen molar-refractivity contribution < 1.29 is 41.0 Å². The third-order valence-electron chi connectivity index (χ3n) is 5.54. The van der Waals surface area contributed by atoms with Gasteiger partial charge in [0.1, 0.15) is 0 Å². The molecule has 0 unspecified atom stereocenters. The number of rotatable bonds is 5. The van der Waals surface area contributed by atoms with Crippen molar-refractivity contribution in [2.75, 3.05) is 62.1 Å². The second kappa shape index (κ2) is 12.3. The van der Waals surface area contributed by atoms with E-state index in [1.54, 1.807) is 47.4 Å². The lowest BCUT2D eigenvalue weighted by Crippen LogP contribution is -2.44. The van der Waals surface area contributed by atoms with Crippen LogP contribution in [0.2, 0.25) is 0 Å². The molecule has 0 saturated carbocycles. The number of benzene rings is 2. The summed E-state index contributed by atoms with van der Waals surface area (Å²) in [5.41, 5.74) is 1.65. The molecule has 0 atom stereocenters. The van der Waals surface area contributed by atoms with Gasteiger partial charge < -0.3 is 25.0 Å². The average molecular weight is 545 g/mol. The number of amides is 1. The van der Waals surface area contributed by atoms with E-state index in [9.17, 15) is 26.4 Å². The molecule has 0 spiro atoms. The molecule has 0 aliphatic carbocycles. The largest absolute Gasteiger partial charge is 0.490 e. The molecule has 2 aliphatic heterocycles. The summed E-state index contributed by atoms with van der Waals surface area (Å²) in [7, 11) is -3.78. The van der Waals surface area contributed by atoms with Gasteiger partial charge in [0, 0.05) is 44.8 Å². The monoisotopic (exact) mass is 544 g/mol. The molecule has 2 saturated heterocycles. The highest BCUT2D eigenvalue weighted by Gasteiger charge is 2.38. The Bertz CT molecular complexity index is 1180. The zero-order chi connectivity index (χ0) is 27.1. The number of halogens is 3. The number of carboxylic acids is 1. The van der Waals surface area contributed by atoms with Gasteiger partial charge in [-0.3, -0.25) is 9.52 Å². The molecule has 37 heavy (non-hydrogen) atoms. The van der Waals surface area contributed by atoms with Crippen LogP contribution >= 0.6 is 0 Å². The Hall–Kier alpha value is -3.36. The molecule has 2 fully saturated rings. The van der Waals surface area contributed by atoms with Crippen molar-refractivity contribution in [1.29, 1.82) is 0 Å². The Morgan fingerprint density at radius 3 is 2.14 bits per heavy atom. The Morgan fingerprint density at radius 1 is 0.973 bits per heavy atom. The number of carboxylic acid groups (broad SMARTS) is 1. The first-order valence-electron chi connectivity index (χ1n) is 11.3. The van der Waals surface area contributed by atoms with E-state index in [1.807, 2.05) is 6.07 Å². The van der Waals surface area contributed by atoms with E-state index in [4.69, 9.17) is 14.6 Å². The third-order valence-corrected chi connectivity index (χ3v) is 6.92. The van der Waals surface area contributed by atoms with Crippen LogP contribution in [0.3, 0.4) is 0 Å². The number of hydrogen-bond donors (Lipinski definition) is 3. The summed E-state index contributed by atoms with van der Waals surface area (Å²) in [4.78, 5) is 25.9. The molecule has 202 valence electrons. The first kappa shape index (κ1) is 28.2. The first-order valence-corrected chi connectivity index (χ1v) is 12.8. The second-order valence-electron chi connectivity index (χ2n) is 8.10. The number of aliphatic carboxylic acids is 1. The van der Waals surface area contributed by atoms with E-state index in [1.165, 1.54) is 0 Å². The zero-order valence-electron chi connectivity index (χ0n) is 19.7. The summed E-state index contributed by atoms with van der Waals surface area (Å²) in [5, 5.41) is 10.4. The fourth-order valence-electron chi connectivity index (χ4n) is 3.68. The molecule has 3 N–H and O–H groups in total. The van der Waals surface area contributed by atoms with Crippen LogP contribution in [-0.2, 0) is 19.6 Å². The van der Waals surface area contributed by atoms with Crippen molar-refractivity contribution in [3.8, 4) is 0 Å². The Balaban J connectivity index is 0.000000479. The van der Waals surface area contributed by atoms with Crippen LogP contribution in [0.15, 0.2) is 53.4 Å². The van der Waals surface area contributed by atoms with Gasteiger partial charge in [0.15, 0.2) is 0 Å². The number of morpholine rings is 1. The van der Waals surface area contributed by atoms with Gasteiger partial charge in [-0.25, -0.2) is 13.2 Å². The summed E-state index contributed by atoms with van der Waals surface area (Å²) in [6, 6.07) is 13.5. The minimum atomic E-state index is -5.08. The van der Waals surface area contributed by atoms with E-state index >= 15 is 0 Å². The molecule has 2 heterocycles. The smallest absolute Gasteiger partial charge is 0.475 e. The maximum atomic E-state index is 13.0. The zero-order valence-corrected chi connectivity index (χ0v) is 20.5. The van der Waals surface area contributed by atoms with E-state index in [0.29, 0.717) is 37.6 Å². The Morgan fingerprint density at radius 2 is 1.57 bits per heavy atom. The number of piperazine rings is 1. The van der Waals surface area contributed by atoms with Crippen molar-refractivity contribution in [2.24, 2.45) is 0 Å². The Labute approximate surface area is 212 Å². The van der Waals surface area contributed by atoms with Gasteiger partial charge in [-0.2, -0.15) is 13.2 Å². The molecular formula is C23H27F3N4O6S. The number of carbonyl (C=O) groups excluding carboxylic acids is 1. The topological polar surface area (TPSA) is 128 Å². The van der Waals surface area contributed by atoms with Crippen LogP contribution in [0.5, 0.6) is 0 Å². The van der Waals surface area contributed by atoms with E-state index < -0.39 is 22.2 Å². The summed E-state index contributed by atoms with van der Waals surface area (Å²) in [6.07, 6.45) is -5.08. The van der Waals surface area contributed by atoms with Crippen molar-refractivity contribution >= 4 is 33.3 Å². The number of sulfonamides is 1. The molecule has 2 aromatic carbocycles. The minimum Gasteiger partial charge on any atom is -0.475 e. The number of anilines is 2. The lowest BCUT2D eigenvalue weighted by atomic mass is 10.1. The van der Waals surface area contributed by atoms with Gasteiger partial charge in [0.25, 0.3) is 15.9 Å². The van der Waals surface area contributed by atoms with Crippen LogP contribution < -0.4 is 14.9 Å². The SMILES string of the molecule is O=C(O)C(F)(F)F.O=C(c1ccc(N2CCNCC2)c(NS(=O)(=O)c2ccccc2)c1)N1CCOCC1. The number of ether oxygens (including phenoxy) is 1. The lowest BCUT2D eigenvalue weighted by molar-refractivity contribution is -0.192. The number of nitrogens with one attached hydrogen (secondary N) is 2. The summed E-state index contributed by atoms with van der Waals surface area (Å²) in [6.45, 7) is 5.25. The van der Waals surface area contributed by atoms with Crippen molar-refractivity contribution in [1.82, 2.24) is 10.2 Å². The third kappa shape index (κ3) is 7.81. The number of nitrogens with zero attached hydrogens (tertiary/aromatic N) is 2. The van der Waals surface area contributed by atoms with Gasteiger partial charge in [-0.05, 0) is 30.3 Å². The van der Waals surface area contributed by atoms with Gasteiger partial charge in [-0.1, -0.05) is 18.2 Å². The quantitative estimate of drug-likeness (QED) is 0.522. The summed E-state index contributed by atoms with van der Waals surface area (Å²) < 4.78 is 65.7. The molecule has 14 heteroatoms. The van der Waals surface area contributed by atoms with Crippen LogP contribution in [0.1, 0.15) is 10.4 Å². The molecule has 2 aromatic rings. The molecule has 10 nitrogen and oxygen atoms in total. The average Bonchev–Trinajstić information content (AvgIpc) is 2.89. The summed E-state index contributed by atoms with van der Waals surface area (Å²) in [5.74, 6) is -2.88. The minimum absolute atomic E-state index is 0.120. The highest BCUT2D eigenvalue weighted by molar-refractivity contribution is 7.92. The van der Waals surface area contributed by atoms with Gasteiger partial charge in [0.05, 0.1) is 29.5 Å². The molecule has 2 aliphatic rings. The van der Waals surface area contributed by atoms with Crippen molar-refractivity contribution in [3.05, 3.63) is 54.1 Å². The van der Waals surface area contributed by atoms with Gasteiger partial charge in [0.2, 0.25) is 0 Å². The fraction of sp³-hybridized carbons (Fsp3) is 0.391. The standard InChI is InChI=1S/C21H26N4O4S.C2HF3O2/c26-21(25-12-14-29-15-13-25)17-6-7-20(24-10-8-22-9-11-24)19(16-17)23-30(27,28)18-4-2-1-3-5-18;3-2(4,5)1(6)7/h1-7,16,22-23H,8-15H2;(H,6,7). The molecule has 4 rings (SSSR count). The predicted molar refractivity (Wildman–Crippen MR) is 129 cm³/mol. The maximum Gasteiger partial charge on any atom is 0.490 e. The van der Waals surface area contributed by atoms with Crippen molar-refractivity contribution in [2.45, 2.75) is 11.1 Å². The molecular weight excluding hydrogens is 517 g/mol. The predicted octanol–water partition coefficient (Wildman–Crippen LogP) is 2.00. The first-order chi connectivity index (χ1) is 17.5. The lowest BCUT2D eigenvalue weighted by Gasteiger charge is -2.32. The second-order valence-corrected chi connectivity index (χ2v) is 9.78. The van der Waals surface area contributed by atoms with E-state index in [2.05, 4.69) is 14.9 Å². The van der Waals surface area contributed by atoms with E-state index in [0.717, 1.165) is 31.9 Å². The van der Waals surface area contributed by atoms with Gasteiger partial charge in [-0.15, -0.1) is 0 Å². The molecule has 0 bridgehead atoms. The fourth-order valence-corrected chi connectivity index (χ4v) is 4.77. The highest BCUT2D eigenvalue weighted by atomic mass is 32.2. The van der Waals surface area contributed by atoms with Crippen LogP contribution in [0.4, 0.5) is 24.5 Å². The molecule has 0 aromatic heterocycles. The number of hydrogen-bond acceptors (Lipinski definition) is 7. The van der Waals surface area contributed by atoms with Crippen LogP contribution in [0.25, 0.3) is 0 Å². The normalized spacial score (nSPS) is 16.4. The van der Waals surface area contributed by atoms with Crippen molar-refractivity contribution in [3.63, 3.8) is 0 Å². The van der Waals surface area contributed by atoms with Crippen LogP contribution in [0, 0.1) is 0 Å². The maximum absolute atomic E-state index is 13.0. The van der Waals surface area contributed by atoms with Crippen LogP contribution in [-0.4, -0.2) is 89.0 Å². The Kier molecular flexibility index (Phi) is 9.34. The summed E-state index contributed by atoms with van der Waals surface area (Å²) >= 11 is 0. The molecule has 0 radical (unpaired) electrons. The van der Waals surface area contributed by atoms with E-state index in [-0.39, 0.29) is 10.8 Å². The van der Waals surface area contributed by atoms with Gasteiger partial charge >= 0.3 is 12.1 Å². The number of carbonyl (C=O) groups is 2.